The summed E-state index contributed by atoms with van der Waals surface area (Å²) in [7, 11) is 3.06. The molecule has 0 aliphatic rings. The average molecular weight is 245 g/mol. The van der Waals surface area contributed by atoms with Gasteiger partial charge in [0.2, 0.25) is 0 Å². The molecule has 0 spiro atoms. The molecule has 0 atom stereocenters. The second-order valence-electron chi connectivity index (χ2n) is 4.94. The number of carbonyl (C=O) groups is 2. The van der Waals surface area contributed by atoms with Crippen LogP contribution in [0.3, 0.4) is 0 Å². The van der Waals surface area contributed by atoms with Crippen LogP contribution in [-0.2, 0) is 14.3 Å². The Bertz CT molecular complexity index is 258. The minimum absolute atomic E-state index is 0.218. The molecular weight excluding hydrogens is 222 g/mol. The maximum atomic E-state index is 11.6. The number of unbranched alkanes of at least 4 members (excludes halogenated alkanes) is 1. The van der Waals surface area contributed by atoms with Gasteiger partial charge in [0.05, 0.1) is 7.11 Å². The monoisotopic (exact) mass is 245 g/mol. The first-order valence-corrected chi connectivity index (χ1v) is 5.77. The third-order valence-electron chi connectivity index (χ3n) is 2.06. The predicted molar refractivity (Wildman–Crippen MR) is 64.7 cm³/mol. The minimum atomic E-state index is -0.475. The van der Waals surface area contributed by atoms with Crippen LogP contribution in [-0.4, -0.2) is 43.3 Å². The van der Waals surface area contributed by atoms with Gasteiger partial charge in [0.25, 0.3) is 0 Å². The van der Waals surface area contributed by atoms with Crippen molar-refractivity contribution in [1.82, 2.24) is 4.90 Å². The van der Waals surface area contributed by atoms with E-state index in [1.54, 1.807) is 7.05 Å². The fourth-order valence-electron chi connectivity index (χ4n) is 1.15. The van der Waals surface area contributed by atoms with E-state index in [1.807, 2.05) is 20.8 Å². The standard InChI is InChI=1S/C12H23NO4/c1-12(2,3)17-11(15)13(4)9-7-6-8-10(14)16-5/h6-9H2,1-5H3. The lowest BCUT2D eigenvalue weighted by Crippen LogP contribution is -2.34. The predicted octanol–water partition coefficient (Wildman–Crippen LogP) is 2.20. The van der Waals surface area contributed by atoms with Crippen LogP contribution in [0.5, 0.6) is 0 Å². The number of esters is 1. The van der Waals surface area contributed by atoms with E-state index in [2.05, 4.69) is 4.74 Å². The van der Waals surface area contributed by atoms with Gasteiger partial charge in [-0.2, -0.15) is 0 Å². The molecule has 0 aromatic heterocycles. The molecule has 5 heteroatoms. The molecule has 0 saturated carbocycles. The summed E-state index contributed by atoms with van der Waals surface area (Å²) in [6.45, 7) is 6.06. The van der Waals surface area contributed by atoms with Crippen molar-refractivity contribution < 1.29 is 19.1 Å². The van der Waals surface area contributed by atoms with Crippen LogP contribution in [0.25, 0.3) is 0 Å². The van der Waals surface area contributed by atoms with E-state index in [9.17, 15) is 9.59 Å². The van der Waals surface area contributed by atoms with Crippen LogP contribution in [0, 0.1) is 0 Å². The molecular formula is C12H23NO4. The van der Waals surface area contributed by atoms with Crippen LogP contribution in [0.15, 0.2) is 0 Å². The van der Waals surface area contributed by atoms with E-state index in [-0.39, 0.29) is 12.1 Å². The molecule has 0 aromatic carbocycles. The van der Waals surface area contributed by atoms with Crippen LogP contribution in [0.4, 0.5) is 4.79 Å². The second kappa shape index (κ2) is 7.14. The van der Waals surface area contributed by atoms with Crippen molar-refractivity contribution in [2.45, 2.75) is 45.6 Å². The van der Waals surface area contributed by atoms with Crippen molar-refractivity contribution in [3.63, 3.8) is 0 Å². The lowest BCUT2D eigenvalue weighted by atomic mass is 10.2. The third kappa shape index (κ3) is 8.54. The van der Waals surface area contributed by atoms with Crippen LogP contribution < -0.4 is 0 Å². The SMILES string of the molecule is COC(=O)CCCCN(C)C(=O)OC(C)(C)C. The lowest BCUT2D eigenvalue weighted by molar-refractivity contribution is -0.140. The Morgan fingerprint density at radius 1 is 1.18 bits per heavy atom. The summed E-state index contributed by atoms with van der Waals surface area (Å²) < 4.78 is 9.72. The van der Waals surface area contributed by atoms with Gasteiger partial charge in [-0.15, -0.1) is 0 Å². The molecule has 0 aliphatic heterocycles. The van der Waals surface area contributed by atoms with Crippen LogP contribution in [0.1, 0.15) is 40.0 Å². The van der Waals surface area contributed by atoms with Gasteiger partial charge in [-0.05, 0) is 33.6 Å². The smallest absolute Gasteiger partial charge is 0.410 e. The number of rotatable bonds is 5. The maximum Gasteiger partial charge on any atom is 0.410 e. The number of hydrogen-bond acceptors (Lipinski definition) is 4. The van der Waals surface area contributed by atoms with E-state index >= 15 is 0 Å². The number of hydrogen-bond donors (Lipinski definition) is 0. The molecule has 5 nitrogen and oxygen atoms in total. The third-order valence-corrected chi connectivity index (χ3v) is 2.06. The van der Waals surface area contributed by atoms with Crippen molar-refractivity contribution in [2.24, 2.45) is 0 Å². The first kappa shape index (κ1) is 15.7. The number of amides is 1. The van der Waals surface area contributed by atoms with E-state index in [4.69, 9.17) is 4.74 Å². The minimum Gasteiger partial charge on any atom is -0.469 e. The number of ether oxygens (including phenoxy) is 2. The van der Waals surface area contributed by atoms with Crippen molar-refractivity contribution >= 4 is 12.1 Å². The molecule has 0 heterocycles. The van der Waals surface area contributed by atoms with E-state index in [0.29, 0.717) is 19.4 Å². The Balaban J connectivity index is 3.75. The zero-order valence-corrected chi connectivity index (χ0v) is 11.4. The van der Waals surface area contributed by atoms with Gasteiger partial charge in [0, 0.05) is 20.0 Å². The topological polar surface area (TPSA) is 55.8 Å². The summed E-state index contributed by atoms with van der Waals surface area (Å²) in [6.07, 6.45) is 1.51. The first-order chi connectivity index (χ1) is 7.76. The summed E-state index contributed by atoms with van der Waals surface area (Å²) >= 11 is 0. The Kier molecular flexibility index (Phi) is 6.61. The molecule has 0 N–H and O–H groups in total. The Morgan fingerprint density at radius 2 is 1.76 bits per heavy atom. The van der Waals surface area contributed by atoms with Crippen molar-refractivity contribution in [1.29, 1.82) is 0 Å². The van der Waals surface area contributed by atoms with Crippen molar-refractivity contribution in [3.05, 3.63) is 0 Å². The molecule has 17 heavy (non-hydrogen) atoms. The molecule has 0 bridgehead atoms. The molecule has 0 fully saturated rings. The van der Waals surface area contributed by atoms with Gasteiger partial charge in [0.15, 0.2) is 0 Å². The number of carbonyl (C=O) groups excluding carboxylic acids is 2. The van der Waals surface area contributed by atoms with Gasteiger partial charge in [0.1, 0.15) is 5.60 Å². The molecule has 0 aliphatic carbocycles. The van der Waals surface area contributed by atoms with E-state index in [0.717, 1.165) is 6.42 Å². The summed E-state index contributed by atoms with van der Waals surface area (Å²) in [6, 6.07) is 0. The Labute approximate surface area is 103 Å². The highest BCUT2D eigenvalue weighted by Crippen LogP contribution is 2.09. The van der Waals surface area contributed by atoms with Crippen molar-refractivity contribution in [2.75, 3.05) is 20.7 Å². The summed E-state index contributed by atoms with van der Waals surface area (Å²) in [5.41, 5.74) is -0.475. The van der Waals surface area contributed by atoms with E-state index < -0.39 is 5.60 Å². The number of nitrogens with zero attached hydrogens (tertiary/aromatic N) is 1. The van der Waals surface area contributed by atoms with Gasteiger partial charge >= 0.3 is 12.1 Å². The molecule has 0 saturated heterocycles. The Hall–Kier alpha value is -1.26. The zero-order valence-electron chi connectivity index (χ0n) is 11.4. The fraction of sp³-hybridized carbons (Fsp3) is 0.833. The molecule has 1 amide bonds. The van der Waals surface area contributed by atoms with Crippen LogP contribution >= 0.6 is 0 Å². The highest BCUT2D eigenvalue weighted by Gasteiger charge is 2.19. The molecule has 0 unspecified atom stereocenters. The van der Waals surface area contributed by atoms with Gasteiger partial charge in [-0.25, -0.2) is 4.79 Å². The molecule has 0 aromatic rings. The quantitative estimate of drug-likeness (QED) is 0.550. The maximum absolute atomic E-state index is 11.6. The first-order valence-electron chi connectivity index (χ1n) is 5.77. The summed E-state index contributed by atoms with van der Waals surface area (Å²) in [4.78, 5) is 23.9. The highest BCUT2D eigenvalue weighted by atomic mass is 16.6. The summed E-state index contributed by atoms with van der Waals surface area (Å²) in [5.74, 6) is -0.218. The fourth-order valence-corrected chi connectivity index (χ4v) is 1.15. The largest absolute Gasteiger partial charge is 0.469 e. The Morgan fingerprint density at radius 3 is 2.24 bits per heavy atom. The molecule has 0 rings (SSSR count). The normalized spacial score (nSPS) is 10.9. The second-order valence-corrected chi connectivity index (χ2v) is 4.94. The van der Waals surface area contributed by atoms with Crippen LogP contribution in [0.2, 0.25) is 0 Å². The zero-order chi connectivity index (χ0) is 13.5. The number of methoxy groups -OCH3 is 1. The lowest BCUT2D eigenvalue weighted by Gasteiger charge is -2.24. The van der Waals surface area contributed by atoms with Crippen molar-refractivity contribution in [3.8, 4) is 0 Å². The van der Waals surface area contributed by atoms with Gasteiger partial charge in [-0.3, -0.25) is 4.79 Å². The van der Waals surface area contributed by atoms with E-state index in [1.165, 1.54) is 12.0 Å². The highest BCUT2D eigenvalue weighted by molar-refractivity contribution is 5.69. The van der Waals surface area contributed by atoms with Gasteiger partial charge in [-0.1, -0.05) is 0 Å². The summed E-state index contributed by atoms with van der Waals surface area (Å²) in [5, 5.41) is 0. The molecule has 0 radical (unpaired) electrons. The van der Waals surface area contributed by atoms with Gasteiger partial charge < -0.3 is 14.4 Å². The average Bonchev–Trinajstić information content (AvgIpc) is 2.21. The molecule has 100 valence electrons.